The number of sulfonamides is 1. The van der Waals surface area contributed by atoms with Crippen LogP contribution in [-0.2, 0) is 10.0 Å². The van der Waals surface area contributed by atoms with Gasteiger partial charge in [0.25, 0.3) is 0 Å². The molecule has 92 valence electrons. The van der Waals surface area contributed by atoms with E-state index in [-0.39, 0.29) is 0 Å². The van der Waals surface area contributed by atoms with Gasteiger partial charge in [-0.3, -0.25) is 4.72 Å². The fourth-order valence-corrected chi connectivity index (χ4v) is 2.13. The van der Waals surface area contributed by atoms with Gasteiger partial charge in [-0.1, -0.05) is 6.07 Å². The molecule has 0 aliphatic heterocycles. The lowest BCUT2D eigenvalue weighted by Crippen LogP contribution is -2.24. The minimum Gasteiger partial charge on any atom is -0.398 e. The van der Waals surface area contributed by atoms with Gasteiger partial charge in [0, 0.05) is 5.69 Å². The molecule has 1 atom stereocenters. The summed E-state index contributed by atoms with van der Waals surface area (Å²) in [7, 11) is -3.68. The zero-order valence-electron chi connectivity index (χ0n) is 9.98. The highest BCUT2D eigenvalue weighted by atomic mass is 32.2. The molecule has 0 saturated heterocycles. The largest absolute Gasteiger partial charge is 0.398 e. The van der Waals surface area contributed by atoms with Gasteiger partial charge in [0.2, 0.25) is 10.0 Å². The van der Waals surface area contributed by atoms with Crippen molar-refractivity contribution in [2.75, 3.05) is 10.5 Å². The number of hydrogen-bond acceptors (Lipinski definition) is 4. The predicted octanol–water partition coefficient (Wildman–Crippen LogP) is 1.54. The summed E-state index contributed by atoms with van der Waals surface area (Å²) in [6.07, 6.45) is 0. The van der Waals surface area contributed by atoms with E-state index in [1.807, 2.05) is 6.92 Å². The van der Waals surface area contributed by atoms with E-state index in [2.05, 4.69) is 4.72 Å². The molecule has 1 rings (SSSR count). The standard InChI is InChI=1S/C11H15N3O2S/c1-7-4-5-10(9(3)11(7)13)14-17(15,16)8(2)6-12/h4-5,8,14H,13H2,1-3H3. The smallest absolute Gasteiger partial charge is 0.248 e. The maximum Gasteiger partial charge on any atom is 0.248 e. The quantitative estimate of drug-likeness (QED) is 0.798. The van der Waals surface area contributed by atoms with Gasteiger partial charge >= 0.3 is 0 Å². The van der Waals surface area contributed by atoms with Gasteiger partial charge in [0.05, 0.1) is 11.8 Å². The number of nitrogens with zero attached hydrogens (tertiary/aromatic N) is 1. The van der Waals surface area contributed by atoms with Gasteiger partial charge in [-0.05, 0) is 38.0 Å². The molecule has 5 nitrogen and oxygen atoms in total. The van der Waals surface area contributed by atoms with Crippen molar-refractivity contribution in [2.45, 2.75) is 26.0 Å². The molecule has 0 amide bonds. The molecule has 0 bridgehead atoms. The molecule has 0 saturated carbocycles. The maximum absolute atomic E-state index is 11.7. The first-order chi connectivity index (χ1) is 7.79. The summed E-state index contributed by atoms with van der Waals surface area (Å²) in [4.78, 5) is 0. The monoisotopic (exact) mass is 253 g/mol. The first-order valence-corrected chi connectivity index (χ1v) is 6.61. The fourth-order valence-electron chi connectivity index (χ4n) is 1.29. The minimum absolute atomic E-state index is 0.412. The van der Waals surface area contributed by atoms with Crippen LogP contribution in [0.2, 0.25) is 0 Å². The molecule has 0 aliphatic carbocycles. The van der Waals surface area contributed by atoms with E-state index in [0.29, 0.717) is 16.9 Å². The van der Waals surface area contributed by atoms with Gasteiger partial charge in [-0.15, -0.1) is 0 Å². The van der Waals surface area contributed by atoms with Crippen molar-refractivity contribution in [2.24, 2.45) is 0 Å². The van der Waals surface area contributed by atoms with Crippen molar-refractivity contribution in [3.63, 3.8) is 0 Å². The summed E-state index contributed by atoms with van der Waals surface area (Å²) >= 11 is 0. The number of hydrogen-bond donors (Lipinski definition) is 2. The van der Waals surface area contributed by atoms with Crippen molar-refractivity contribution in [1.82, 2.24) is 0 Å². The van der Waals surface area contributed by atoms with Crippen LogP contribution in [0.15, 0.2) is 12.1 Å². The average Bonchev–Trinajstić information content (AvgIpc) is 2.28. The number of anilines is 2. The topological polar surface area (TPSA) is 96.0 Å². The average molecular weight is 253 g/mol. The zero-order chi connectivity index (χ0) is 13.2. The molecule has 6 heteroatoms. The van der Waals surface area contributed by atoms with Crippen LogP contribution in [0.1, 0.15) is 18.1 Å². The second-order valence-corrected chi connectivity index (χ2v) is 5.89. The predicted molar refractivity (Wildman–Crippen MR) is 67.9 cm³/mol. The third-order valence-corrected chi connectivity index (χ3v) is 4.17. The molecular formula is C11H15N3O2S. The molecule has 1 unspecified atom stereocenters. The van der Waals surface area contributed by atoms with Crippen LogP contribution in [0.5, 0.6) is 0 Å². The molecule has 0 heterocycles. The van der Waals surface area contributed by atoms with Crippen LogP contribution in [0.25, 0.3) is 0 Å². The molecule has 0 aromatic heterocycles. The number of nitrogens with two attached hydrogens (primary N) is 1. The maximum atomic E-state index is 11.7. The highest BCUT2D eigenvalue weighted by Crippen LogP contribution is 2.25. The molecule has 17 heavy (non-hydrogen) atoms. The summed E-state index contributed by atoms with van der Waals surface area (Å²) in [5.74, 6) is 0. The first-order valence-electron chi connectivity index (χ1n) is 5.06. The zero-order valence-corrected chi connectivity index (χ0v) is 10.8. The lowest BCUT2D eigenvalue weighted by molar-refractivity contribution is 0.597. The lowest BCUT2D eigenvalue weighted by Gasteiger charge is -2.14. The molecule has 1 aromatic carbocycles. The Hall–Kier alpha value is -1.74. The second-order valence-electron chi connectivity index (χ2n) is 3.89. The van der Waals surface area contributed by atoms with Gasteiger partial charge < -0.3 is 5.73 Å². The highest BCUT2D eigenvalue weighted by Gasteiger charge is 2.21. The van der Waals surface area contributed by atoms with Crippen molar-refractivity contribution in [1.29, 1.82) is 5.26 Å². The number of nitriles is 1. The Labute approximate surface area is 101 Å². The molecular weight excluding hydrogens is 238 g/mol. The Morgan fingerprint density at radius 1 is 1.41 bits per heavy atom. The molecule has 3 N–H and O–H groups in total. The van der Waals surface area contributed by atoms with Crippen LogP contribution in [0, 0.1) is 25.2 Å². The summed E-state index contributed by atoms with van der Waals surface area (Å²) in [6, 6.07) is 5.06. The minimum atomic E-state index is -3.68. The van der Waals surface area contributed by atoms with Crippen LogP contribution >= 0.6 is 0 Å². The Balaban J connectivity index is 3.15. The molecule has 0 spiro atoms. The van der Waals surface area contributed by atoms with Crippen LogP contribution < -0.4 is 10.5 Å². The van der Waals surface area contributed by atoms with E-state index in [0.717, 1.165) is 5.56 Å². The van der Waals surface area contributed by atoms with E-state index in [1.165, 1.54) is 6.92 Å². The summed E-state index contributed by atoms with van der Waals surface area (Å²) in [5.41, 5.74) is 8.33. The Kier molecular flexibility index (Phi) is 3.63. The van der Waals surface area contributed by atoms with E-state index in [9.17, 15) is 8.42 Å². The van der Waals surface area contributed by atoms with Crippen molar-refractivity contribution in [3.05, 3.63) is 23.3 Å². The van der Waals surface area contributed by atoms with Gasteiger partial charge in [-0.2, -0.15) is 5.26 Å². The third-order valence-electron chi connectivity index (χ3n) is 2.63. The van der Waals surface area contributed by atoms with Crippen LogP contribution in [-0.4, -0.2) is 13.7 Å². The number of nitrogens with one attached hydrogen (secondary N) is 1. The molecule has 1 aromatic rings. The van der Waals surface area contributed by atoms with Gasteiger partial charge in [0.15, 0.2) is 5.25 Å². The van der Waals surface area contributed by atoms with Crippen LogP contribution in [0.3, 0.4) is 0 Å². The number of rotatable bonds is 3. The normalized spacial score (nSPS) is 12.8. The van der Waals surface area contributed by atoms with Crippen molar-refractivity contribution >= 4 is 21.4 Å². The highest BCUT2D eigenvalue weighted by molar-refractivity contribution is 7.93. The van der Waals surface area contributed by atoms with E-state index < -0.39 is 15.3 Å². The SMILES string of the molecule is Cc1ccc(NS(=O)(=O)C(C)C#N)c(C)c1N. The number of benzene rings is 1. The van der Waals surface area contributed by atoms with Crippen molar-refractivity contribution in [3.8, 4) is 6.07 Å². The van der Waals surface area contributed by atoms with Gasteiger partial charge in [-0.25, -0.2) is 8.42 Å². The molecule has 0 fully saturated rings. The van der Waals surface area contributed by atoms with E-state index in [1.54, 1.807) is 25.1 Å². The Bertz CT molecular complexity index is 573. The lowest BCUT2D eigenvalue weighted by atomic mass is 10.1. The Morgan fingerprint density at radius 3 is 2.53 bits per heavy atom. The Morgan fingerprint density at radius 2 is 2.00 bits per heavy atom. The molecule has 0 radical (unpaired) electrons. The van der Waals surface area contributed by atoms with Crippen molar-refractivity contribution < 1.29 is 8.42 Å². The summed E-state index contributed by atoms with van der Waals surface area (Å²) < 4.78 is 25.8. The summed E-state index contributed by atoms with van der Waals surface area (Å²) in [5, 5.41) is 7.52. The first kappa shape index (κ1) is 13.3. The third kappa shape index (κ3) is 2.68. The summed E-state index contributed by atoms with van der Waals surface area (Å²) in [6.45, 7) is 4.91. The number of nitrogen functional groups attached to an aromatic ring is 1. The van der Waals surface area contributed by atoms with E-state index in [4.69, 9.17) is 11.0 Å². The van der Waals surface area contributed by atoms with Crippen LogP contribution in [0.4, 0.5) is 11.4 Å². The van der Waals surface area contributed by atoms with Gasteiger partial charge in [0.1, 0.15) is 0 Å². The second kappa shape index (κ2) is 4.63. The fraction of sp³-hybridized carbons (Fsp3) is 0.364. The molecule has 0 aliphatic rings. The van der Waals surface area contributed by atoms with E-state index >= 15 is 0 Å². The number of aryl methyl sites for hydroxylation is 1.